The van der Waals surface area contributed by atoms with Crippen molar-refractivity contribution in [2.45, 2.75) is 38.8 Å². The zero-order valence-corrected chi connectivity index (χ0v) is 16.6. The molecule has 0 saturated heterocycles. The number of rotatable bonds is 6. The van der Waals surface area contributed by atoms with Crippen molar-refractivity contribution in [3.63, 3.8) is 0 Å². The second-order valence-corrected chi connectivity index (χ2v) is 7.34. The molecule has 0 aliphatic carbocycles. The van der Waals surface area contributed by atoms with Crippen LogP contribution in [0.15, 0.2) is 42.5 Å². The van der Waals surface area contributed by atoms with Gasteiger partial charge in [-0.05, 0) is 37.1 Å². The molecule has 0 saturated carbocycles. The van der Waals surface area contributed by atoms with Crippen LogP contribution in [0.2, 0.25) is 0 Å². The fourth-order valence-corrected chi connectivity index (χ4v) is 2.70. The second-order valence-electron chi connectivity index (χ2n) is 7.34. The van der Waals surface area contributed by atoms with Gasteiger partial charge in [0.1, 0.15) is 18.2 Å². The van der Waals surface area contributed by atoms with E-state index >= 15 is 0 Å². The van der Waals surface area contributed by atoms with Gasteiger partial charge in [-0.3, -0.25) is 9.59 Å². The summed E-state index contributed by atoms with van der Waals surface area (Å²) in [6.07, 6.45) is -0.459. The highest BCUT2D eigenvalue weighted by Crippen LogP contribution is 2.20. The zero-order chi connectivity index (χ0) is 20.7. The van der Waals surface area contributed by atoms with Crippen LogP contribution >= 0.6 is 0 Å². The summed E-state index contributed by atoms with van der Waals surface area (Å²) >= 11 is 0. The molecule has 2 amide bonds. The van der Waals surface area contributed by atoms with Gasteiger partial charge in [-0.25, -0.2) is 4.79 Å². The van der Waals surface area contributed by atoms with Gasteiger partial charge in [0, 0.05) is 6.42 Å². The summed E-state index contributed by atoms with van der Waals surface area (Å²) < 4.78 is 9.81. The summed E-state index contributed by atoms with van der Waals surface area (Å²) in [5.74, 6) is -1.07. The Morgan fingerprint density at radius 2 is 1.71 bits per heavy atom. The SMILES string of the molecule is COC(=O)CNC(=O)[C@@H](Cc1cccc2ccccc12)NC(=O)OC(C)(C)C. The molecule has 28 heavy (non-hydrogen) atoms. The largest absolute Gasteiger partial charge is 0.468 e. The van der Waals surface area contributed by atoms with Crippen molar-refractivity contribution in [3.05, 3.63) is 48.0 Å². The number of alkyl carbamates (subject to hydrolysis) is 1. The first-order valence-electron chi connectivity index (χ1n) is 9.00. The maximum Gasteiger partial charge on any atom is 0.408 e. The predicted molar refractivity (Wildman–Crippen MR) is 106 cm³/mol. The molecule has 2 rings (SSSR count). The lowest BCUT2D eigenvalue weighted by molar-refractivity contribution is -0.141. The first-order valence-corrected chi connectivity index (χ1v) is 9.00. The molecule has 2 N–H and O–H groups in total. The minimum atomic E-state index is -0.912. The summed E-state index contributed by atoms with van der Waals surface area (Å²) in [5, 5.41) is 7.11. The Bertz CT molecular complexity index is 852. The lowest BCUT2D eigenvalue weighted by atomic mass is 9.98. The number of amides is 2. The molecule has 0 radical (unpaired) electrons. The normalized spacial score (nSPS) is 12.1. The van der Waals surface area contributed by atoms with E-state index in [9.17, 15) is 14.4 Å². The molecule has 7 heteroatoms. The molecule has 0 aliphatic rings. The third-order valence-corrected chi connectivity index (χ3v) is 3.95. The third-order valence-electron chi connectivity index (χ3n) is 3.95. The number of ether oxygens (including phenoxy) is 2. The standard InChI is InChI=1S/C21H26N2O5/c1-21(2,3)28-20(26)23-17(19(25)22-13-18(24)27-4)12-15-10-7-9-14-8-5-6-11-16(14)15/h5-11,17H,12-13H2,1-4H3,(H,22,25)(H,23,26)/t17-/m1/s1. The summed E-state index contributed by atoms with van der Waals surface area (Å²) in [6.45, 7) is 4.94. The number of carbonyl (C=O) groups is 3. The number of methoxy groups -OCH3 is 1. The summed E-state index contributed by atoms with van der Waals surface area (Å²) in [4.78, 5) is 36.2. The van der Waals surface area contributed by atoms with E-state index in [-0.39, 0.29) is 13.0 Å². The van der Waals surface area contributed by atoms with Crippen LogP contribution in [-0.4, -0.2) is 43.3 Å². The Labute approximate surface area is 164 Å². The highest BCUT2D eigenvalue weighted by atomic mass is 16.6. The maximum absolute atomic E-state index is 12.6. The van der Waals surface area contributed by atoms with Gasteiger partial charge in [-0.1, -0.05) is 42.5 Å². The van der Waals surface area contributed by atoms with Gasteiger partial charge >= 0.3 is 12.1 Å². The number of benzene rings is 2. The minimum absolute atomic E-state index is 0.244. The molecular weight excluding hydrogens is 360 g/mol. The molecule has 0 fully saturated rings. The lowest BCUT2D eigenvalue weighted by Crippen LogP contribution is -2.50. The topological polar surface area (TPSA) is 93.7 Å². The third kappa shape index (κ3) is 6.26. The summed E-state index contributed by atoms with van der Waals surface area (Å²) in [6, 6.07) is 12.7. The molecule has 7 nitrogen and oxygen atoms in total. The fourth-order valence-electron chi connectivity index (χ4n) is 2.70. The van der Waals surface area contributed by atoms with Gasteiger partial charge in [0.05, 0.1) is 7.11 Å². The fraction of sp³-hybridized carbons (Fsp3) is 0.381. The van der Waals surface area contributed by atoms with Gasteiger partial charge in [0.2, 0.25) is 5.91 Å². The lowest BCUT2D eigenvalue weighted by Gasteiger charge is -2.23. The molecule has 0 aromatic heterocycles. The van der Waals surface area contributed by atoms with Crippen LogP contribution in [0.25, 0.3) is 10.8 Å². The number of esters is 1. The molecule has 0 bridgehead atoms. The highest BCUT2D eigenvalue weighted by molar-refractivity contribution is 5.90. The Kier molecular flexibility index (Phi) is 6.98. The molecule has 0 unspecified atom stereocenters. The Hall–Kier alpha value is -3.09. The van der Waals surface area contributed by atoms with Crippen LogP contribution in [0.3, 0.4) is 0 Å². The predicted octanol–water partition coefficient (Wildman–Crippen LogP) is 2.56. The van der Waals surface area contributed by atoms with Crippen LogP contribution in [-0.2, 0) is 25.5 Å². The van der Waals surface area contributed by atoms with Crippen LogP contribution in [0.4, 0.5) is 4.79 Å². The van der Waals surface area contributed by atoms with E-state index in [0.29, 0.717) is 0 Å². The molecule has 1 atom stereocenters. The van der Waals surface area contributed by atoms with Crippen molar-refractivity contribution in [2.75, 3.05) is 13.7 Å². The molecule has 150 valence electrons. The summed E-state index contributed by atoms with van der Waals surface area (Å²) in [7, 11) is 1.24. The Morgan fingerprint density at radius 1 is 1.04 bits per heavy atom. The molecule has 2 aromatic rings. The molecule has 0 aliphatic heterocycles. The van der Waals surface area contributed by atoms with Crippen LogP contribution in [0.5, 0.6) is 0 Å². The van der Waals surface area contributed by atoms with Gasteiger partial charge in [-0.2, -0.15) is 0 Å². The Balaban J connectivity index is 2.22. The van der Waals surface area contributed by atoms with E-state index in [0.717, 1.165) is 16.3 Å². The molecular formula is C21H26N2O5. The number of fused-ring (bicyclic) bond motifs is 1. The van der Waals surface area contributed by atoms with Crippen LogP contribution < -0.4 is 10.6 Å². The van der Waals surface area contributed by atoms with Gasteiger partial charge in [-0.15, -0.1) is 0 Å². The smallest absolute Gasteiger partial charge is 0.408 e. The van der Waals surface area contributed by atoms with Gasteiger partial charge in [0.25, 0.3) is 0 Å². The quantitative estimate of drug-likeness (QED) is 0.744. The van der Waals surface area contributed by atoms with Crippen LogP contribution in [0, 0.1) is 0 Å². The zero-order valence-electron chi connectivity index (χ0n) is 16.6. The van der Waals surface area contributed by atoms with Crippen molar-refractivity contribution < 1.29 is 23.9 Å². The molecule has 0 heterocycles. The molecule has 0 spiro atoms. The number of hydrogen-bond donors (Lipinski definition) is 2. The average molecular weight is 386 g/mol. The molecule has 2 aromatic carbocycles. The maximum atomic E-state index is 12.6. The van der Waals surface area contributed by atoms with Crippen molar-refractivity contribution in [3.8, 4) is 0 Å². The first kappa shape index (κ1) is 21.2. The van der Waals surface area contributed by atoms with E-state index in [1.807, 2.05) is 42.5 Å². The minimum Gasteiger partial charge on any atom is -0.468 e. The van der Waals surface area contributed by atoms with Gasteiger partial charge in [0.15, 0.2) is 0 Å². The van der Waals surface area contributed by atoms with Crippen LogP contribution in [0.1, 0.15) is 26.3 Å². The van der Waals surface area contributed by atoms with Gasteiger partial charge < -0.3 is 20.1 Å². The van der Waals surface area contributed by atoms with E-state index in [1.54, 1.807) is 20.8 Å². The van der Waals surface area contributed by atoms with E-state index < -0.39 is 29.6 Å². The first-order chi connectivity index (χ1) is 13.2. The second kappa shape index (κ2) is 9.21. The average Bonchev–Trinajstić information content (AvgIpc) is 2.64. The number of nitrogens with one attached hydrogen (secondary N) is 2. The van der Waals surface area contributed by atoms with Crippen molar-refractivity contribution >= 4 is 28.7 Å². The van der Waals surface area contributed by atoms with E-state index in [4.69, 9.17) is 4.74 Å². The summed E-state index contributed by atoms with van der Waals surface area (Å²) in [5.41, 5.74) is 0.198. The van der Waals surface area contributed by atoms with E-state index in [1.165, 1.54) is 7.11 Å². The van der Waals surface area contributed by atoms with E-state index in [2.05, 4.69) is 15.4 Å². The number of hydrogen-bond acceptors (Lipinski definition) is 5. The number of carbonyl (C=O) groups excluding carboxylic acids is 3. The van der Waals surface area contributed by atoms with Crippen molar-refractivity contribution in [1.29, 1.82) is 0 Å². The highest BCUT2D eigenvalue weighted by Gasteiger charge is 2.25. The monoisotopic (exact) mass is 386 g/mol. The van der Waals surface area contributed by atoms with Crippen molar-refractivity contribution in [2.24, 2.45) is 0 Å². The Morgan fingerprint density at radius 3 is 2.39 bits per heavy atom. The van der Waals surface area contributed by atoms with Crippen molar-refractivity contribution in [1.82, 2.24) is 10.6 Å².